The van der Waals surface area contributed by atoms with Crippen LogP contribution in [0.3, 0.4) is 0 Å². The standard InChI is InChI=1S/C11H21NO4S/c1-8-7-9(11(13)12(2)3)5-6-10(8)16-17(4,14)15/h8-10H,5-7H2,1-4H3/t8-,9+,10-/m1/s1. The SMILES string of the molecule is C[C@@H]1C[C@@H](C(=O)N(C)C)CC[C@H]1OS(C)(=O)=O. The quantitative estimate of drug-likeness (QED) is 0.708. The van der Waals surface area contributed by atoms with Crippen LogP contribution in [-0.2, 0) is 19.1 Å². The molecule has 0 saturated heterocycles. The molecular weight excluding hydrogens is 242 g/mol. The maximum Gasteiger partial charge on any atom is 0.264 e. The van der Waals surface area contributed by atoms with E-state index in [1.165, 1.54) is 0 Å². The van der Waals surface area contributed by atoms with E-state index in [1.54, 1.807) is 19.0 Å². The zero-order valence-corrected chi connectivity index (χ0v) is 11.7. The first-order chi connectivity index (χ1) is 7.70. The molecule has 0 radical (unpaired) electrons. The van der Waals surface area contributed by atoms with Crippen LogP contribution in [0.4, 0.5) is 0 Å². The molecule has 1 amide bonds. The Morgan fingerprint density at radius 3 is 2.29 bits per heavy atom. The Labute approximate surface area is 103 Å². The molecule has 17 heavy (non-hydrogen) atoms. The summed E-state index contributed by atoms with van der Waals surface area (Å²) < 4.78 is 27.2. The second kappa shape index (κ2) is 5.35. The Morgan fingerprint density at radius 2 is 1.88 bits per heavy atom. The lowest BCUT2D eigenvalue weighted by Gasteiger charge is -2.33. The second-order valence-electron chi connectivity index (χ2n) is 5.06. The summed E-state index contributed by atoms with van der Waals surface area (Å²) in [4.78, 5) is 13.4. The van der Waals surface area contributed by atoms with Gasteiger partial charge in [-0.05, 0) is 25.2 Å². The van der Waals surface area contributed by atoms with Gasteiger partial charge >= 0.3 is 0 Å². The minimum atomic E-state index is -3.41. The molecule has 0 N–H and O–H groups in total. The van der Waals surface area contributed by atoms with Crippen molar-refractivity contribution in [2.45, 2.75) is 32.3 Å². The van der Waals surface area contributed by atoms with Gasteiger partial charge in [0, 0.05) is 20.0 Å². The molecule has 0 spiro atoms. The zero-order chi connectivity index (χ0) is 13.2. The lowest BCUT2D eigenvalue weighted by Crippen LogP contribution is -2.38. The summed E-state index contributed by atoms with van der Waals surface area (Å²) in [5.41, 5.74) is 0. The summed E-state index contributed by atoms with van der Waals surface area (Å²) in [6.45, 7) is 1.94. The van der Waals surface area contributed by atoms with Gasteiger partial charge in [0.1, 0.15) is 0 Å². The average molecular weight is 263 g/mol. The third-order valence-corrected chi connectivity index (χ3v) is 3.78. The van der Waals surface area contributed by atoms with E-state index < -0.39 is 10.1 Å². The van der Waals surface area contributed by atoms with Crippen LogP contribution in [0.15, 0.2) is 0 Å². The highest BCUT2D eigenvalue weighted by molar-refractivity contribution is 7.86. The predicted molar refractivity (Wildman–Crippen MR) is 64.9 cm³/mol. The Balaban J connectivity index is 2.59. The lowest BCUT2D eigenvalue weighted by atomic mass is 9.80. The van der Waals surface area contributed by atoms with Crippen molar-refractivity contribution in [2.24, 2.45) is 11.8 Å². The molecule has 3 atom stereocenters. The normalized spacial score (nSPS) is 30.0. The molecule has 1 aliphatic carbocycles. The highest BCUT2D eigenvalue weighted by Crippen LogP contribution is 2.32. The van der Waals surface area contributed by atoms with Gasteiger partial charge in [-0.3, -0.25) is 8.98 Å². The molecule has 1 fully saturated rings. The number of amides is 1. The zero-order valence-electron chi connectivity index (χ0n) is 10.8. The molecule has 0 unspecified atom stereocenters. The van der Waals surface area contributed by atoms with Crippen molar-refractivity contribution >= 4 is 16.0 Å². The van der Waals surface area contributed by atoms with E-state index in [9.17, 15) is 13.2 Å². The van der Waals surface area contributed by atoms with E-state index in [2.05, 4.69) is 0 Å². The fraction of sp³-hybridized carbons (Fsp3) is 0.909. The molecule has 0 aromatic carbocycles. The van der Waals surface area contributed by atoms with E-state index in [1.807, 2.05) is 6.92 Å². The predicted octanol–water partition coefficient (Wildman–Crippen LogP) is 0.856. The van der Waals surface area contributed by atoms with Crippen LogP contribution in [0.2, 0.25) is 0 Å². The van der Waals surface area contributed by atoms with Crippen LogP contribution < -0.4 is 0 Å². The smallest absolute Gasteiger partial charge is 0.264 e. The maximum absolute atomic E-state index is 11.8. The number of carbonyl (C=O) groups excluding carboxylic acids is 1. The van der Waals surface area contributed by atoms with E-state index in [4.69, 9.17) is 4.18 Å². The van der Waals surface area contributed by atoms with Crippen LogP contribution in [0, 0.1) is 11.8 Å². The monoisotopic (exact) mass is 263 g/mol. The maximum atomic E-state index is 11.8. The van der Waals surface area contributed by atoms with Crippen molar-refractivity contribution in [1.82, 2.24) is 4.90 Å². The van der Waals surface area contributed by atoms with Crippen LogP contribution >= 0.6 is 0 Å². The van der Waals surface area contributed by atoms with Gasteiger partial charge in [-0.1, -0.05) is 6.92 Å². The number of hydrogen-bond acceptors (Lipinski definition) is 4. The van der Waals surface area contributed by atoms with Crippen LogP contribution in [-0.4, -0.2) is 45.7 Å². The average Bonchev–Trinajstić information content (AvgIpc) is 2.18. The minimum Gasteiger partial charge on any atom is -0.349 e. The van der Waals surface area contributed by atoms with Gasteiger partial charge in [-0.25, -0.2) is 0 Å². The van der Waals surface area contributed by atoms with Crippen LogP contribution in [0.25, 0.3) is 0 Å². The van der Waals surface area contributed by atoms with Gasteiger partial charge in [-0.15, -0.1) is 0 Å². The topological polar surface area (TPSA) is 63.7 Å². The highest BCUT2D eigenvalue weighted by Gasteiger charge is 2.34. The molecule has 0 aliphatic heterocycles. The summed E-state index contributed by atoms with van der Waals surface area (Å²) in [6, 6.07) is 0. The van der Waals surface area contributed by atoms with Crippen molar-refractivity contribution < 1.29 is 17.4 Å². The highest BCUT2D eigenvalue weighted by atomic mass is 32.2. The number of hydrogen-bond donors (Lipinski definition) is 0. The molecule has 6 heteroatoms. The Kier molecular flexibility index (Phi) is 4.55. The van der Waals surface area contributed by atoms with E-state index in [-0.39, 0.29) is 23.8 Å². The van der Waals surface area contributed by atoms with Crippen molar-refractivity contribution in [1.29, 1.82) is 0 Å². The fourth-order valence-corrected chi connectivity index (χ4v) is 3.06. The van der Waals surface area contributed by atoms with Gasteiger partial charge in [0.25, 0.3) is 10.1 Å². The van der Waals surface area contributed by atoms with E-state index >= 15 is 0 Å². The third kappa shape index (κ3) is 4.27. The molecule has 1 aliphatic rings. The van der Waals surface area contributed by atoms with Gasteiger partial charge in [0.2, 0.25) is 5.91 Å². The van der Waals surface area contributed by atoms with Gasteiger partial charge < -0.3 is 4.90 Å². The summed E-state index contributed by atoms with van der Waals surface area (Å²) in [5.74, 6) is 0.210. The van der Waals surface area contributed by atoms with E-state index in [0.717, 1.165) is 6.26 Å². The summed E-state index contributed by atoms with van der Waals surface area (Å²) in [5, 5.41) is 0. The molecular formula is C11H21NO4S. The van der Waals surface area contributed by atoms with Crippen molar-refractivity contribution in [3.63, 3.8) is 0 Å². The van der Waals surface area contributed by atoms with Crippen molar-refractivity contribution in [3.05, 3.63) is 0 Å². The van der Waals surface area contributed by atoms with Crippen LogP contribution in [0.1, 0.15) is 26.2 Å². The molecule has 1 saturated carbocycles. The van der Waals surface area contributed by atoms with Gasteiger partial charge in [-0.2, -0.15) is 8.42 Å². The van der Waals surface area contributed by atoms with Crippen molar-refractivity contribution in [3.8, 4) is 0 Å². The molecule has 0 bridgehead atoms. The van der Waals surface area contributed by atoms with Crippen molar-refractivity contribution in [2.75, 3.05) is 20.4 Å². The molecule has 5 nitrogen and oxygen atoms in total. The number of carbonyl (C=O) groups is 1. The molecule has 0 aromatic rings. The Bertz CT molecular complexity index is 377. The Hall–Kier alpha value is -0.620. The summed E-state index contributed by atoms with van der Waals surface area (Å²) in [6.07, 6.45) is 2.80. The number of rotatable bonds is 3. The van der Waals surface area contributed by atoms with Crippen LogP contribution in [0.5, 0.6) is 0 Å². The first-order valence-electron chi connectivity index (χ1n) is 5.80. The summed E-state index contributed by atoms with van der Waals surface area (Å²) in [7, 11) is 0.0782. The molecule has 1 rings (SSSR count). The second-order valence-corrected chi connectivity index (χ2v) is 6.66. The largest absolute Gasteiger partial charge is 0.349 e. The molecule has 0 heterocycles. The minimum absolute atomic E-state index is 0.000546. The molecule has 0 aromatic heterocycles. The molecule has 100 valence electrons. The summed E-state index contributed by atoms with van der Waals surface area (Å²) >= 11 is 0. The first-order valence-corrected chi connectivity index (χ1v) is 7.61. The first kappa shape index (κ1) is 14.4. The lowest BCUT2D eigenvalue weighted by molar-refractivity contribution is -0.135. The Morgan fingerprint density at radius 1 is 1.29 bits per heavy atom. The third-order valence-electron chi connectivity index (χ3n) is 3.18. The fourth-order valence-electron chi connectivity index (χ4n) is 2.33. The number of nitrogens with zero attached hydrogens (tertiary/aromatic N) is 1. The van der Waals surface area contributed by atoms with Gasteiger partial charge in [0.05, 0.1) is 12.4 Å². The van der Waals surface area contributed by atoms with E-state index in [0.29, 0.717) is 19.3 Å². The van der Waals surface area contributed by atoms with Gasteiger partial charge in [0.15, 0.2) is 0 Å².